The van der Waals surface area contributed by atoms with Crippen molar-refractivity contribution in [1.29, 1.82) is 0 Å². The number of aromatic nitrogens is 1. The van der Waals surface area contributed by atoms with Gasteiger partial charge in [-0.1, -0.05) is 35.9 Å². The van der Waals surface area contributed by atoms with Gasteiger partial charge in [-0.2, -0.15) is 0 Å². The lowest BCUT2D eigenvalue weighted by Gasteiger charge is -2.23. The number of allylic oxidation sites excluding steroid dienone is 2. The van der Waals surface area contributed by atoms with Crippen LogP contribution in [0, 0.1) is 5.82 Å². The molecule has 4 rings (SSSR count). The van der Waals surface area contributed by atoms with E-state index in [1.807, 2.05) is 37.3 Å². The van der Waals surface area contributed by atoms with E-state index in [4.69, 9.17) is 11.6 Å². The van der Waals surface area contributed by atoms with Crippen LogP contribution in [0.25, 0.3) is 16.5 Å². The summed E-state index contributed by atoms with van der Waals surface area (Å²) in [7, 11) is 1.67. The number of rotatable bonds is 5. The van der Waals surface area contributed by atoms with Crippen LogP contribution >= 0.6 is 11.6 Å². The SMILES string of the molecule is C=N/C(N[C@@H](C)c1cc2ccc(F)c(Cl)c2c(=O)n1-c1ccccc1)=C1/N=CC=C/C1=N/C. The lowest BCUT2D eigenvalue weighted by molar-refractivity contribution is 0.607. The molecule has 1 aromatic heterocycles. The molecular weight excluding hydrogens is 441 g/mol. The summed E-state index contributed by atoms with van der Waals surface area (Å²) in [4.78, 5) is 26.3. The fourth-order valence-corrected chi connectivity index (χ4v) is 4.00. The number of nitrogens with one attached hydrogen (secondary N) is 1. The first-order valence-corrected chi connectivity index (χ1v) is 10.6. The van der Waals surface area contributed by atoms with Gasteiger partial charge in [0.05, 0.1) is 22.2 Å². The monoisotopic (exact) mass is 461 g/mol. The van der Waals surface area contributed by atoms with E-state index < -0.39 is 17.4 Å². The molecule has 2 heterocycles. The van der Waals surface area contributed by atoms with E-state index in [1.165, 1.54) is 10.6 Å². The Morgan fingerprint density at radius 2 is 2.00 bits per heavy atom. The topological polar surface area (TPSA) is 71.1 Å². The number of fused-ring (bicyclic) bond motifs is 1. The third-order valence-electron chi connectivity index (χ3n) is 5.33. The fraction of sp³-hybridized carbons (Fsp3) is 0.120. The molecule has 0 amide bonds. The lowest BCUT2D eigenvalue weighted by Crippen LogP contribution is -2.29. The minimum absolute atomic E-state index is 0.124. The number of nitrogens with zero attached hydrogens (tertiary/aromatic N) is 4. The summed E-state index contributed by atoms with van der Waals surface area (Å²) < 4.78 is 15.7. The fourth-order valence-electron chi connectivity index (χ4n) is 3.75. The molecule has 1 N–H and O–H groups in total. The van der Waals surface area contributed by atoms with Crippen LogP contribution in [0.4, 0.5) is 4.39 Å². The van der Waals surface area contributed by atoms with Crippen molar-refractivity contribution in [3.63, 3.8) is 0 Å². The third-order valence-corrected chi connectivity index (χ3v) is 5.70. The van der Waals surface area contributed by atoms with E-state index in [0.717, 1.165) is 0 Å². The zero-order valence-electron chi connectivity index (χ0n) is 18.1. The average Bonchev–Trinajstić information content (AvgIpc) is 2.84. The van der Waals surface area contributed by atoms with E-state index in [-0.39, 0.29) is 10.4 Å². The largest absolute Gasteiger partial charge is 0.360 e. The first kappa shape index (κ1) is 22.4. The number of hydrogen-bond acceptors (Lipinski definition) is 5. The standard InChI is InChI=1S/C25H21ClFN5O/c1-15(31-24(29-3)23-19(28-2)10-7-13-30-23)20-14-16-11-12-18(27)22(26)21(16)25(33)32(20)17-8-5-4-6-9-17/h4-15,31H,3H2,1-2H3/b24-23-,28-19-/t15-/m0/s1. The summed E-state index contributed by atoms with van der Waals surface area (Å²) in [6.45, 7) is 5.56. The number of benzene rings is 2. The molecule has 1 atom stereocenters. The first-order valence-electron chi connectivity index (χ1n) is 10.2. The Bertz CT molecular complexity index is 1420. The number of hydrogen-bond donors (Lipinski definition) is 1. The smallest absolute Gasteiger partial charge is 0.264 e. The number of para-hydroxylation sites is 1. The molecule has 3 aromatic rings. The molecule has 0 spiro atoms. The van der Waals surface area contributed by atoms with Gasteiger partial charge in [0.2, 0.25) is 0 Å². The average molecular weight is 462 g/mol. The molecule has 1 aliphatic rings. The maximum Gasteiger partial charge on any atom is 0.264 e. The Hall–Kier alpha value is -3.84. The zero-order chi connectivity index (χ0) is 23.5. The van der Waals surface area contributed by atoms with Crippen LogP contribution in [0.15, 0.2) is 92.0 Å². The van der Waals surface area contributed by atoms with Crippen LogP contribution in [0.3, 0.4) is 0 Å². The summed E-state index contributed by atoms with van der Waals surface area (Å²) >= 11 is 6.19. The van der Waals surface area contributed by atoms with Gasteiger partial charge in [0.1, 0.15) is 11.5 Å². The summed E-state index contributed by atoms with van der Waals surface area (Å²) in [5.41, 5.74) is 2.04. The molecule has 0 bridgehead atoms. The van der Waals surface area contributed by atoms with Crippen LogP contribution in [0.2, 0.25) is 5.02 Å². The van der Waals surface area contributed by atoms with Gasteiger partial charge in [-0.15, -0.1) is 0 Å². The second kappa shape index (κ2) is 9.34. The zero-order valence-corrected chi connectivity index (χ0v) is 18.8. The molecule has 1 aliphatic heterocycles. The van der Waals surface area contributed by atoms with Gasteiger partial charge >= 0.3 is 0 Å². The Morgan fingerprint density at radius 1 is 1.24 bits per heavy atom. The molecule has 0 saturated carbocycles. The van der Waals surface area contributed by atoms with Crippen LogP contribution in [0.5, 0.6) is 0 Å². The van der Waals surface area contributed by atoms with E-state index in [0.29, 0.717) is 34.0 Å². The van der Waals surface area contributed by atoms with Gasteiger partial charge in [-0.05, 0) is 55.4 Å². The normalized spacial score (nSPS) is 16.8. The van der Waals surface area contributed by atoms with Crippen LogP contribution in [-0.4, -0.2) is 30.3 Å². The minimum atomic E-state index is -0.641. The highest BCUT2D eigenvalue weighted by Gasteiger charge is 2.21. The molecule has 2 aromatic carbocycles. The van der Waals surface area contributed by atoms with Gasteiger partial charge in [-0.3, -0.25) is 19.3 Å². The van der Waals surface area contributed by atoms with Gasteiger partial charge in [0, 0.05) is 24.6 Å². The predicted octanol–water partition coefficient (Wildman–Crippen LogP) is 5.01. The minimum Gasteiger partial charge on any atom is -0.360 e. The third kappa shape index (κ3) is 4.15. The van der Waals surface area contributed by atoms with E-state index >= 15 is 0 Å². The highest BCUT2D eigenvalue weighted by atomic mass is 35.5. The molecule has 6 nitrogen and oxygen atoms in total. The second-order valence-electron chi connectivity index (χ2n) is 7.34. The maximum atomic E-state index is 14.2. The first-order chi connectivity index (χ1) is 16.0. The van der Waals surface area contributed by atoms with Crippen molar-refractivity contribution in [2.45, 2.75) is 13.0 Å². The van der Waals surface area contributed by atoms with Crippen LogP contribution < -0.4 is 10.9 Å². The molecule has 0 unspecified atom stereocenters. The van der Waals surface area contributed by atoms with E-state index in [1.54, 1.807) is 37.5 Å². The Balaban J connectivity index is 1.92. The molecule has 33 heavy (non-hydrogen) atoms. The van der Waals surface area contributed by atoms with Crippen molar-refractivity contribution in [1.82, 2.24) is 9.88 Å². The number of aliphatic imine (C=N–C) groups is 3. The van der Waals surface area contributed by atoms with Gasteiger partial charge in [-0.25, -0.2) is 9.38 Å². The Morgan fingerprint density at radius 3 is 2.70 bits per heavy atom. The maximum absolute atomic E-state index is 14.2. The predicted molar refractivity (Wildman–Crippen MR) is 134 cm³/mol. The Kier molecular flexibility index (Phi) is 6.33. The Labute approximate surface area is 195 Å². The molecule has 0 aliphatic carbocycles. The van der Waals surface area contributed by atoms with Crippen LogP contribution in [-0.2, 0) is 0 Å². The highest BCUT2D eigenvalue weighted by Crippen LogP contribution is 2.28. The highest BCUT2D eigenvalue weighted by molar-refractivity contribution is 6.35. The molecule has 0 radical (unpaired) electrons. The molecule has 8 heteroatoms. The van der Waals surface area contributed by atoms with Crippen molar-refractivity contribution in [3.8, 4) is 5.69 Å². The van der Waals surface area contributed by atoms with Crippen molar-refractivity contribution in [2.75, 3.05) is 7.05 Å². The summed E-state index contributed by atoms with van der Waals surface area (Å²) in [6, 6.07) is 13.3. The van der Waals surface area contributed by atoms with Gasteiger partial charge in [0.15, 0.2) is 5.82 Å². The van der Waals surface area contributed by atoms with Crippen molar-refractivity contribution in [3.05, 3.63) is 99.1 Å². The van der Waals surface area contributed by atoms with Crippen LogP contribution in [0.1, 0.15) is 18.7 Å². The molecular formula is C25H21ClFN5O. The van der Waals surface area contributed by atoms with Crippen molar-refractivity contribution < 1.29 is 4.39 Å². The number of dihydropyridines is 1. The lowest BCUT2D eigenvalue weighted by atomic mass is 10.1. The number of halogens is 2. The number of pyridine rings is 1. The summed E-state index contributed by atoms with van der Waals surface area (Å²) in [6.07, 6.45) is 5.26. The second-order valence-corrected chi connectivity index (χ2v) is 7.72. The summed E-state index contributed by atoms with van der Waals surface area (Å²) in [5.74, 6) is -0.217. The van der Waals surface area contributed by atoms with Gasteiger partial charge < -0.3 is 5.32 Å². The van der Waals surface area contributed by atoms with Gasteiger partial charge in [0.25, 0.3) is 5.56 Å². The van der Waals surface area contributed by atoms with Crippen molar-refractivity contribution in [2.24, 2.45) is 15.0 Å². The molecule has 0 fully saturated rings. The summed E-state index contributed by atoms with van der Waals surface area (Å²) in [5, 5.41) is 3.77. The quantitative estimate of drug-likeness (QED) is 0.542. The molecule has 166 valence electrons. The van der Waals surface area contributed by atoms with Crippen molar-refractivity contribution >= 4 is 41.0 Å². The van der Waals surface area contributed by atoms with E-state index in [2.05, 4.69) is 27.0 Å². The van der Waals surface area contributed by atoms with E-state index in [9.17, 15) is 9.18 Å². The molecule has 0 saturated heterocycles.